The zero-order valence-electron chi connectivity index (χ0n) is 12.0. The van der Waals surface area contributed by atoms with E-state index in [2.05, 4.69) is 9.36 Å². The van der Waals surface area contributed by atoms with Crippen molar-refractivity contribution in [3.63, 3.8) is 0 Å². The van der Waals surface area contributed by atoms with Gasteiger partial charge in [0.1, 0.15) is 0 Å². The molecule has 5 nitrogen and oxygen atoms in total. The number of fused-ring (bicyclic) bond motifs is 2. The molecule has 100 valence electrons. The van der Waals surface area contributed by atoms with E-state index in [1.54, 1.807) is 0 Å². The molecule has 0 radical (unpaired) electrons. The van der Waals surface area contributed by atoms with Crippen molar-refractivity contribution in [1.29, 1.82) is 0 Å². The molecule has 3 rings (SSSR count). The maximum absolute atomic E-state index is 6.27. The van der Waals surface area contributed by atoms with Crippen molar-refractivity contribution >= 4 is 0 Å². The fraction of sp³-hybridized carbons (Fsp3) is 0.538. The largest absolute Gasteiger partial charge is 0.387 e. The normalized spacial score (nSPS) is 14.3. The molecule has 0 saturated carbocycles. The molecule has 3 heterocycles. The third-order valence-electron chi connectivity index (χ3n) is 2.74. The van der Waals surface area contributed by atoms with E-state index in [-0.39, 0.29) is 0 Å². The molecule has 0 spiro atoms. The van der Waals surface area contributed by atoms with Gasteiger partial charge in [-0.15, -0.1) is 9.36 Å². The molecule has 0 amide bonds. The van der Waals surface area contributed by atoms with E-state index in [0.717, 1.165) is 6.67 Å². The molecule has 5 heteroatoms. The molecule has 0 saturated heterocycles. The highest BCUT2D eigenvalue weighted by Crippen LogP contribution is 2.09. The van der Waals surface area contributed by atoms with Gasteiger partial charge in [-0.2, -0.15) is 0 Å². The Bertz CT molecular complexity index is 439. The van der Waals surface area contributed by atoms with Gasteiger partial charge in [0.15, 0.2) is 0 Å². The Kier molecular flexibility index (Phi) is 4.67. The Morgan fingerprint density at radius 1 is 0.944 bits per heavy atom. The summed E-state index contributed by atoms with van der Waals surface area (Å²) in [6, 6.07) is 4.00. The number of nitrogens with zero attached hydrogens (tertiary/aromatic N) is 4. The lowest BCUT2D eigenvalue weighted by molar-refractivity contribution is -1.01. The second-order valence-electron chi connectivity index (χ2n) is 3.78. The van der Waals surface area contributed by atoms with Gasteiger partial charge in [-0.1, -0.05) is 27.7 Å². The van der Waals surface area contributed by atoms with Crippen LogP contribution in [0, 0.1) is 0 Å². The maximum Gasteiger partial charge on any atom is 0.387 e. The van der Waals surface area contributed by atoms with Gasteiger partial charge in [0.05, 0.1) is 12.4 Å². The summed E-state index contributed by atoms with van der Waals surface area (Å²) in [5, 5.41) is 0. The van der Waals surface area contributed by atoms with Gasteiger partial charge in [0.25, 0.3) is 5.79 Å². The van der Waals surface area contributed by atoms with E-state index in [4.69, 9.17) is 5.73 Å². The standard InChI is InChI=1S/C9H13N5.2C2H6/c1-9(10)13-6-2-4-11(13)8-12-5-3-7-14(9)12;2*1-2/h2-7H,8,10H2,1H3;2*1-2H3/q+2;;. The van der Waals surface area contributed by atoms with Gasteiger partial charge in [0, 0.05) is 19.1 Å². The van der Waals surface area contributed by atoms with Crippen LogP contribution in [0.25, 0.3) is 0 Å². The van der Waals surface area contributed by atoms with E-state index < -0.39 is 5.79 Å². The number of aromatic nitrogens is 4. The van der Waals surface area contributed by atoms with Crippen LogP contribution < -0.4 is 15.1 Å². The van der Waals surface area contributed by atoms with Crippen molar-refractivity contribution < 1.29 is 9.36 Å². The highest BCUT2D eigenvalue weighted by Gasteiger charge is 2.41. The summed E-state index contributed by atoms with van der Waals surface area (Å²) in [5.41, 5.74) is 6.27. The van der Waals surface area contributed by atoms with Crippen LogP contribution in [0.1, 0.15) is 34.6 Å². The summed E-state index contributed by atoms with van der Waals surface area (Å²) in [7, 11) is 0. The molecule has 0 bridgehead atoms. The number of nitrogens with two attached hydrogens (primary N) is 1. The number of hydrogen-bond donors (Lipinski definition) is 1. The van der Waals surface area contributed by atoms with Gasteiger partial charge < -0.3 is 0 Å². The summed E-state index contributed by atoms with van der Waals surface area (Å²) in [5.74, 6) is -0.536. The van der Waals surface area contributed by atoms with Crippen LogP contribution in [0.5, 0.6) is 0 Å². The lowest BCUT2D eigenvalue weighted by Crippen LogP contribution is -2.74. The number of rotatable bonds is 0. The first-order chi connectivity index (χ1) is 8.69. The SMILES string of the molecule is CC.CC.CC1(N)n2ccc[n+]2C[n+]2cccn21. The molecule has 1 aliphatic rings. The monoisotopic (exact) mass is 251 g/mol. The quantitative estimate of drug-likeness (QED) is 0.694. The molecule has 0 fully saturated rings. The molecule has 2 aromatic rings. The Balaban J connectivity index is 0.000000371. The molecule has 18 heavy (non-hydrogen) atoms. The number of hydrogen-bond acceptors (Lipinski definition) is 1. The van der Waals surface area contributed by atoms with E-state index in [0.29, 0.717) is 0 Å². The van der Waals surface area contributed by atoms with Crippen LogP contribution in [0.3, 0.4) is 0 Å². The van der Waals surface area contributed by atoms with Crippen LogP contribution in [-0.4, -0.2) is 9.36 Å². The van der Waals surface area contributed by atoms with Crippen LogP contribution >= 0.6 is 0 Å². The minimum atomic E-state index is -0.536. The van der Waals surface area contributed by atoms with Gasteiger partial charge >= 0.3 is 6.67 Å². The molecule has 1 aliphatic heterocycles. The average Bonchev–Trinajstić information content (AvgIpc) is 3.03. The summed E-state index contributed by atoms with van der Waals surface area (Å²) in [6.45, 7) is 10.8. The van der Waals surface area contributed by atoms with Gasteiger partial charge in [-0.25, -0.2) is 0 Å². The van der Waals surface area contributed by atoms with Crippen LogP contribution in [0.4, 0.5) is 0 Å². The smallest absolute Gasteiger partial charge is 0.282 e. The fourth-order valence-corrected chi connectivity index (χ4v) is 2.06. The summed E-state index contributed by atoms with van der Waals surface area (Å²) < 4.78 is 8.21. The van der Waals surface area contributed by atoms with E-state index in [1.807, 2.05) is 80.9 Å². The predicted molar refractivity (Wildman–Crippen MR) is 70.6 cm³/mol. The minimum Gasteiger partial charge on any atom is -0.282 e. The highest BCUT2D eigenvalue weighted by atomic mass is 15.7. The van der Waals surface area contributed by atoms with E-state index >= 15 is 0 Å². The molecular formula is C13H25N5+2. The Morgan fingerprint density at radius 3 is 1.72 bits per heavy atom. The minimum absolute atomic E-state index is 0.536. The van der Waals surface area contributed by atoms with Crippen LogP contribution in [0.15, 0.2) is 36.9 Å². The molecule has 0 aliphatic carbocycles. The van der Waals surface area contributed by atoms with Gasteiger partial charge in [0.2, 0.25) is 12.4 Å². The molecule has 0 unspecified atom stereocenters. The van der Waals surface area contributed by atoms with Gasteiger partial charge in [-0.05, 0) is 9.36 Å². The molecule has 0 atom stereocenters. The van der Waals surface area contributed by atoms with Crippen molar-refractivity contribution in [3.8, 4) is 0 Å². The first-order valence-corrected chi connectivity index (χ1v) is 6.63. The summed E-state index contributed by atoms with van der Waals surface area (Å²) in [6.07, 6.45) is 8.02. The second-order valence-corrected chi connectivity index (χ2v) is 3.78. The average molecular weight is 251 g/mol. The van der Waals surface area contributed by atoms with Crippen molar-refractivity contribution in [3.05, 3.63) is 36.9 Å². The first-order valence-electron chi connectivity index (χ1n) is 6.63. The highest BCUT2D eigenvalue weighted by molar-refractivity contribution is 4.84. The lowest BCUT2D eigenvalue weighted by Gasteiger charge is -2.25. The first kappa shape index (κ1) is 14.4. The molecule has 0 aromatic carbocycles. The predicted octanol–water partition coefficient (Wildman–Crippen LogP) is 0.873. The zero-order chi connectivity index (χ0) is 13.8. The zero-order valence-corrected chi connectivity index (χ0v) is 12.0. The Hall–Kier alpha value is -1.62. The maximum atomic E-state index is 6.27. The van der Waals surface area contributed by atoms with Gasteiger partial charge in [-0.3, -0.25) is 5.73 Å². The molecule has 2 aromatic heterocycles. The van der Waals surface area contributed by atoms with E-state index in [1.165, 1.54) is 0 Å². The van der Waals surface area contributed by atoms with Crippen molar-refractivity contribution in [2.75, 3.05) is 0 Å². The van der Waals surface area contributed by atoms with E-state index in [9.17, 15) is 0 Å². The second kappa shape index (κ2) is 5.82. The summed E-state index contributed by atoms with van der Waals surface area (Å²) in [4.78, 5) is 0. The van der Waals surface area contributed by atoms with Crippen molar-refractivity contribution in [2.24, 2.45) is 5.73 Å². The Labute approximate surface area is 109 Å². The fourth-order valence-electron chi connectivity index (χ4n) is 2.06. The topological polar surface area (TPSA) is 43.6 Å². The molecule has 2 N–H and O–H groups in total. The van der Waals surface area contributed by atoms with Crippen molar-refractivity contribution in [1.82, 2.24) is 9.36 Å². The lowest BCUT2D eigenvalue weighted by atomic mass is 10.4. The van der Waals surface area contributed by atoms with Crippen LogP contribution in [-0.2, 0) is 12.5 Å². The third kappa shape index (κ3) is 2.18. The Morgan fingerprint density at radius 2 is 1.33 bits per heavy atom. The molecular weight excluding hydrogens is 226 g/mol. The summed E-state index contributed by atoms with van der Waals surface area (Å²) >= 11 is 0. The third-order valence-corrected chi connectivity index (χ3v) is 2.74. The van der Waals surface area contributed by atoms with Crippen molar-refractivity contribution in [2.45, 2.75) is 47.1 Å². The van der Waals surface area contributed by atoms with Crippen LogP contribution in [0.2, 0.25) is 0 Å².